The Hall–Kier alpha value is -2.14. The molecule has 2 aliphatic rings. The molecule has 2 fully saturated rings. The van der Waals surface area contributed by atoms with Gasteiger partial charge in [-0.15, -0.1) is 0 Å². The molecule has 1 atom stereocenters. The van der Waals surface area contributed by atoms with Crippen molar-refractivity contribution in [3.05, 3.63) is 54.1 Å². The lowest BCUT2D eigenvalue weighted by Crippen LogP contribution is -2.53. The molecule has 0 radical (unpaired) electrons. The normalized spacial score (nSPS) is 23.5. The zero-order valence-electron chi connectivity index (χ0n) is 15.5. The van der Waals surface area contributed by atoms with Crippen LogP contribution in [0.2, 0.25) is 0 Å². The minimum atomic E-state index is 0.0176. The molecule has 1 unspecified atom stereocenters. The van der Waals surface area contributed by atoms with Crippen molar-refractivity contribution in [2.75, 3.05) is 26.2 Å². The van der Waals surface area contributed by atoms with E-state index in [4.69, 9.17) is 0 Å². The molecule has 1 aromatic carbocycles. The average Bonchev–Trinajstić information content (AvgIpc) is 3.19. The van der Waals surface area contributed by atoms with Crippen molar-refractivity contribution in [1.29, 1.82) is 0 Å². The van der Waals surface area contributed by atoms with Gasteiger partial charge in [-0.1, -0.05) is 30.3 Å². The second-order valence-corrected chi connectivity index (χ2v) is 7.87. The molecule has 138 valence electrons. The highest BCUT2D eigenvalue weighted by Crippen LogP contribution is 2.45. The molecule has 2 aromatic rings. The number of nitrogens with zero attached hydrogens (tertiary/aromatic N) is 3. The number of H-pyrrole nitrogens is 1. The Labute approximate surface area is 155 Å². The van der Waals surface area contributed by atoms with E-state index in [0.29, 0.717) is 5.91 Å². The van der Waals surface area contributed by atoms with Crippen molar-refractivity contribution >= 4 is 5.91 Å². The van der Waals surface area contributed by atoms with E-state index < -0.39 is 0 Å². The predicted molar refractivity (Wildman–Crippen MR) is 102 cm³/mol. The first kappa shape index (κ1) is 17.3. The van der Waals surface area contributed by atoms with Gasteiger partial charge in [0.2, 0.25) is 5.91 Å². The minimum Gasteiger partial charge on any atom is -0.347 e. The van der Waals surface area contributed by atoms with Gasteiger partial charge < -0.3 is 9.88 Å². The van der Waals surface area contributed by atoms with Gasteiger partial charge in [0, 0.05) is 31.5 Å². The second-order valence-electron chi connectivity index (χ2n) is 7.87. The topological polar surface area (TPSA) is 52.2 Å². The van der Waals surface area contributed by atoms with Crippen molar-refractivity contribution < 1.29 is 4.79 Å². The maximum atomic E-state index is 13.0. The van der Waals surface area contributed by atoms with Crippen LogP contribution in [0.25, 0.3) is 0 Å². The molecule has 1 amide bonds. The zero-order valence-corrected chi connectivity index (χ0v) is 15.5. The number of carbonyl (C=O) groups is 1. The number of likely N-dealkylation sites (N-methyl/N-ethyl adjacent to an activating group) is 1. The van der Waals surface area contributed by atoms with Crippen molar-refractivity contribution in [3.63, 3.8) is 0 Å². The van der Waals surface area contributed by atoms with Crippen molar-refractivity contribution in [2.45, 2.75) is 38.6 Å². The second kappa shape index (κ2) is 7.23. The summed E-state index contributed by atoms with van der Waals surface area (Å²) in [6.45, 7) is 6.95. The number of aromatic amines is 1. The smallest absolute Gasteiger partial charge is 0.230 e. The fourth-order valence-electron chi connectivity index (χ4n) is 4.66. The molecule has 1 aromatic heterocycles. The number of rotatable bonds is 4. The van der Waals surface area contributed by atoms with Crippen molar-refractivity contribution in [3.8, 4) is 0 Å². The molecule has 2 aliphatic heterocycles. The Morgan fingerprint density at radius 3 is 2.65 bits per heavy atom. The van der Waals surface area contributed by atoms with Crippen LogP contribution < -0.4 is 0 Å². The Balaban J connectivity index is 1.48. The molecular weight excluding hydrogens is 324 g/mol. The van der Waals surface area contributed by atoms with E-state index in [-0.39, 0.29) is 11.3 Å². The first-order valence-electron chi connectivity index (χ1n) is 9.72. The van der Waals surface area contributed by atoms with Crippen LogP contribution in [0.5, 0.6) is 0 Å². The highest BCUT2D eigenvalue weighted by atomic mass is 16.2. The lowest BCUT2D eigenvalue weighted by atomic mass is 9.67. The van der Waals surface area contributed by atoms with Crippen LogP contribution in [0.3, 0.4) is 0 Å². The van der Waals surface area contributed by atoms with Gasteiger partial charge in [-0.05, 0) is 50.3 Å². The van der Waals surface area contributed by atoms with E-state index >= 15 is 0 Å². The Morgan fingerprint density at radius 2 is 2.00 bits per heavy atom. The van der Waals surface area contributed by atoms with Gasteiger partial charge in [0.25, 0.3) is 0 Å². The maximum Gasteiger partial charge on any atom is 0.230 e. The summed E-state index contributed by atoms with van der Waals surface area (Å²) in [5, 5.41) is 0. The predicted octanol–water partition coefficient (Wildman–Crippen LogP) is 3.03. The number of aromatic nitrogens is 2. The summed E-state index contributed by atoms with van der Waals surface area (Å²) in [5.74, 6) is 0.327. The van der Waals surface area contributed by atoms with Gasteiger partial charge in [-0.2, -0.15) is 0 Å². The highest BCUT2D eigenvalue weighted by molar-refractivity contribution is 5.84. The van der Waals surface area contributed by atoms with Gasteiger partial charge in [-0.3, -0.25) is 9.69 Å². The largest absolute Gasteiger partial charge is 0.347 e. The van der Waals surface area contributed by atoms with Gasteiger partial charge in [0.1, 0.15) is 0 Å². The molecule has 0 aliphatic carbocycles. The fourth-order valence-corrected chi connectivity index (χ4v) is 4.66. The van der Waals surface area contributed by atoms with E-state index in [2.05, 4.69) is 38.8 Å². The van der Waals surface area contributed by atoms with Gasteiger partial charge in [-0.25, -0.2) is 4.98 Å². The summed E-state index contributed by atoms with van der Waals surface area (Å²) >= 11 is 0. The van der Waals surface area contributed by atoms with Crippen LogP contribution in [0.15, 0.2) is 42.9 Å². The van der Waals surface area contributed by atoms with E-state index in [1.807, 2.05) is 24.4 Å². The van der Waals surface area contributed by atoms with Crippen LogP contribution >= 0.6 is 0 Å². The third-order valence-electron chi connectivity index (χ3n) is 6.22. The Morgan fingerprint density at radius 1 is 1.23 bits per heavy atom. The van der Waals surface area contributed by atoms with Crippen LogP contribution in [0.1, 0.15) is 43.4 Å². The Kier molecular flexibility index (Phi) is 4.81. The molecule has 0 bridgehead atoms. The summed E-state index contributed by atoms with van der Waals surface area (Å²) in [4.78, 5) is 24.9. The first-order valence-corrected chi connectivity index (χ1v) is 9.72. The summed E-state index contributed by atoms with van der Waals surface area (Å²) in [7, 11) is 0. The first-order chi connectivity index (χ1) is 12.7. The quantitative estimate of drug-likeness (QED) is 0.920. The SMILES string of the molecule is CCN1CC2(CCN(Cc3cnc[nH]3)CC2)CC(c2ccccc2)C1=O. The molecule has 5 nitrogen and oxygen atoms in total. The van der Waals surface area contributed by atoms with Gasteiger partial charge in [0.15, 0.2) is 0 Å². The van der Waals surface area contributed by atoms with Gasteiger partial charge in [0.05, 0.1) is 12.2 Å². The molecule has 1 N–H and O–H groups in total. The van der Waals surface area contributed by atoms with Crippen LogP contribution in [0.4, 0.5) is 0 Å². The molecule has 4 rings (SSSR count). The van der Waals surface area contributed by atoms with Crippen LogP contribution in [0, 0.1) is 5.41 Å². The standard InChI is InChI=1S/C21H28N4O/c1-2-25-15-21(12-19(20(25)26)17-6-4-3-5-7-17)8-10-24(11-9-21)14-18-13-22-16-23-18/h3-7,13,16,19H,2,8-12,14-15H2,1H3,(H,22,23). The Bertz CT molecular complexity index is 720. The van der Waals surface area contributed by atoms with Crippen molar-refractivity contribution in [2.24, 2.45) is 5.41 Å². The monoisotopic (exact) mass is 352 g/mol. The number of imidazole rings is 1. The van der Waals surface area contributed by atoms with Crippen molar-refractivity contribution in [1.82, 2.24) is 19.8 Å². The highest BCUT2D eigenvalue weighted by Gasteiger charge is 2.45. The third kappa shape index (κ3) is 3.40. The summed E-state index contributed by atoms with van der Waals surface area (Å²) < 4.78 is 0. The molecule has 5 heteroatoms. The zero-order chi connectivity index (χ0) is 18.0. The number of carbonyl (C=O) groups excluding carboxylic acids is 1. The molecule has 3 heterocycles. The number of benzene rings is 1. The lowest BCUT2D eigenvalue weighted by molar-refractivity contribution is -0.141. The number of nitrogens with one attached hydrogen (secondary N) is 1. The average molecular weight is 352 g/mol. The summed E-state index contributed by atoms with van der Waals surface area (Å²) in [6.07, 6.45) is 6.97. The van der Waals surface area contributed by atoms with E-state index in [1.165, 1.54) is 11.3 Å². The maximum absolute atomic E-state index is 13.0. The van der Waals surface area contributed by atoms with E-state index in [1.54, 1.807) is 6.33 Å². The fraction of sp³-hybridized carbons (Fsp3) is 0.524. The lowest BCUT2D eigenvalue weighted by Gasteiger charge is -2.49. The molecule has 26 heavy (non-hydrogen) atoms. The van der Waals surface area contributed by atoms with E-state index in [9.17, 15) is 4.79 Å². The van der Waals surface area contributed by atoms with Crippen LogP contribution in [-0.2, 0) is 11.3 Å². The number of piperidine rings is 2. The summed E-state index contributed by atoms with van der Waals surface area (Å²) in [6, 6.07) is 10.4. The van der Waals surface area contributed by atoms with Gasteiger partial charge >= 0.3 is 0 Å². The molecule has 0 saturated carbocycles. The molecule has 1 spiro atoms. The minimum absolute atomic E-state index is 0.0176. The molecule has 2 saturated heterocycles. The third-order valence-corrected chi connectivity index (χ3v) is 6.22. The molecular formula is C21H28N4O. The number of hydrogen-bond acceptors (Lipinski definition) is 3. The number of likely N-dealkylation sites (tertiary alicyclic amines) is 2. The van der Waals surface area contributed by atoms with Crippen LogP contribution in [-0.4, -0.2) is 51.9 Å². The number of hydrogen-bond donors (Lipinski definition) is 1. The number of amides is 1. The van der Waals surface area contributed by atoms with E-state index in [0.717, 1.165) is 52.0 Å². The summed E-state index contributed by atoms with van der Waals surface area (Å²) in [5.41, 5.74) is 2.61.